The molecule has 0 atom stereocenters. The van der Waals surface area contributed by atoms with Crippen LogP contribution in [0.5, 0.6) is 0 Å². The molecule has 0 aromatic rings. The van der Waals surface area contributed by atoms with Gasteiger partial charge < -0.3 is 14.8 Å². The average Bonchev–Trinajstić information content (AvgIpc) is 2.28. The van der Waals surface area contributed by atoms with Gasteiger partial charge in [-0.1, -0.05) is 20.8 Å². The van der Waals surface area contributed by atoms with Gasteiger partial charge in [0.2, 0.25) is 0 Å². The molecule has 0 fully saturated rings. The zero-order valence-corrected chi connectivity index (χ0v) is 12.6. The van der Waals surface area contributed by atoms with E-state index in [4.69, 9.17) is 9.47 Å². The highest BCUT2D eigenvalue weighted by Gasteiger charge is 2.33. The maximum absolute atomic E-state index is 5.96. The van der Waals surface area contributed by atoms with Gasteiger partial charge in [0.1, 0.15) is 5.76 Å². The highest BCUT2D eigenvalue weighted by molar-refractivity contribution is 4.97. The molecule has 1 rings (SSSR count). The quantitative estimate of drug-likeness (QED) is 0.740. The summed E-state index contributed by atoms with van der Waals surface area (Å²) in [5.41, 5.74) is 0.0529. The average molecular weight is 255 g/mol. The second-order valence-electron chi connectivity index (χ2n) is 6.45. The van der Waals surface area contributed by atoms with Crippen LogP contribution in [-0.2, 0) is 9.47 Å². The molecule has 18 heavy (non-hydrogen) atoms. The fraction of sp³-hybridized carbons (Fsp3) is 0.867. The van der Waals surface area contributed by atoms with Crippen LogP contribution in [0.4, 0.5) is 0 Å². The van der Waals surface area contributed by atoms with E-state index in [-0.39, 0.29) is 11.0 Å². The topological polar surface area (TPSA) is 30.5 Å². The Morgan fingerprint density at radius 1 is 1.28 bits per heavy atom. The number of rotatable bonds is 6. The number of allylic oxidation sites excluding steroid dienone is 1. The maximum Gasteiger partial charge on any atom is 0.106 e. The van der Waals surface area contributed by atoms with Gasteiger partial charge in [-0.15, -0.1) is 0 Å². The minimum atomic E-state index is -0.102. The molecule has 1 heterocycles. The van der Waals surface area contributed by atoms with Crippen LogP contribution in [0.15, 0.2) is 11.8 Å². The lowest BCUT2D eigenvalue weighted by molar-refractivity contribution is -0.0885. The van der Waals surface area contributed by atoms with Crippen molar-refractivity contribution >= 4 is 0 Å². The molecule has 0 amide bonds. The largest absolute Gasteiger partial charge is 0.497 e. The minimum Gasteiger partial charge on any atom is -0.497 e. The zero-order chi connectivity index (χ0) is 13.6. The number of nitrogens with one attached hydrogen (secondary N) is 1. The third kappa shape index (κ3) is 4.99. The van der Waals surface area contributed by atoms with E-state index in [9.17, 15) is 0 Å². The summed E-state index contributed by atoms with van der Waals surface area (Å²) in [6.45, 7) is 14.2. The molecule has 0 aromatic heterocycles. The van der Waals surface area contributed by atoms with Gasteiger partial charge in [-0.05, 0) is 38.2 Å². The first-order valence-corrected chi connectivity index (χ1v) is 6.99. The number of hydrogen-bond acceptors (Lipinski definition) is 3. The minimum absolute atomic E-state index is 0.102. The van der Waals surface area contributed by atoms with Crippen molar-refractivity contribution in [3.63, 3.8) is 0 Å². The SMILES string of the molecule is CC(C)(C)C(C)(C)OCCNCC1=CCCCO1. The van der Waals surface area contributed by atoms with Gasteiger partial charge in [-0.25, -0.2) is 0 Å². The molecule has 0 saturated heterocycles. The molecule has 1 N–H and O–H groups in total. The molecular formula is C15H29NO2. The van der Waals surface area contributed by atoms with Gasteiger partial charge in [0.25, 0.3) is 0 Å². The lowest BCUT2D eigenvalue weighted by atomic mass is 9.79. The highest BCUT2D eigenvalue weighted by Crippen LogP contribution is 2.32. The predicted octanol–water partition coefficient (Wildman–Crippen LogP) is 3.11. The Bertz CT molecular complexity index is 277. The number of ether oxygens (including phenoxy) is 2. The van der Waals surface area contributed by atoms with Crippen molar-refractivity contribution in [2.75, 3.05) is 26.3 Å². The fourth-order valence-electron chi connectivity index (χ4n) is 1.54. The van der Waals surface area contributed by atoms with Crippen molar-refractivity contribution in [3.8, 4) is 0 Å². The third-order valence-corrected chi connectivity index (χ3v) is 3.86. The molecule has 1 aliphatic heterocycles. The van der Waals surface area contributed by atoms with E-state index in [1.165, 1.54) is 0 Å². The Morgan fingerprint density at radius 2 is 2.00 bits per heavy atom. The molecule has 0 bridgehead atoms. The monoisotopic (exact) mass is 255 g/mol. The van der Waals surface area contributed by atoms with Crippen LogP contribution < -0.4 is 5.32 Å². The standard InChI is InChI=1S/C15H29NO2/c1-14(2,3)15(4,5)18-11-9-16-12-13-8-6-7-10-17-13/h8,16H,6-7,9-12H2,1-5H3. The second-order valence-corrected chi connectivity index (χ2v) is 6.45. The van der Waals surface area contributed by atoms with Crippen LogP contribution in [0, 0.1) is 5.41 Å². The summed E-state index contributed by atoms with van der Waals surface area (Å²) in [6, 6.07) is 0. The molecule has 0 spiro atoms. The summed E-state index contributed by atoms with van der Waals surface area (Å²) < 4.78 is 11.5. The summed E-state index contributed by atoms with van der Waals surface area (Å²) in [5.74, 6) is 1.08. The van der Waals surface area contributed by atoms with E-state index in [2.05, 4.69) is 46.0 Å². The van der Waals surface area contributed by atoms with Crippen LogP contribution >= 0.6 is 0 Å². The maximum atomic E-state index is 5.96. The molecule has 0 aliphatic carbocycles. The normalized spacial score (nSPS) is 17.3. The van der Waals surface area contributed by atoms with Crippen molar-refractivity contribution in [1.29, 1.82) is 0 Å². The lowest BCUT2D eigenvalue weighted by Gasteiger charge is -2.38. The van der Waals surface area contributed by atoms with Crippen LogP contribution in [0.3, 0.4) is 0 Å². The van der Waals surface area contributed by atoms with E-state index >= 15 is 0 Å². The van der Waals surface area contributed by atoms with E-state index in [0.29, 0.717) is 0 Å². The summed E-state index contributed by atoms with van der Waals surface area (Å²) in [6.07, 6.45) is 4.47. The summed E-state index contributed by atoms with van der Waals surface area (Å²) in [4.78, 5) is 0. The van der Waals surface area contributed by atoms with Gasteiger partial charge in [0, 0.05) is 6.54 Å². The molecule has 0 radical (unpaired) electrons. The molecule has 3 heteroatoms. The van der Waals surface area contributed by atoms with Crippen molar-refractivity contribution in [1.82, 2.24) is 5.32 Å². The molecule has 0 saturated carbocycles. The Morgan fingerprint density at radius 3 is 2.56 bits per heavy atom. The molecule has 3 nitrogen and oxygen atoms in total. The lowest BCUT2D eigenvalue weighted by Crippen LogP contribution is -2.41. The second kappa shape index (κ2) is 6.58. The van der Waals surface area contributed by atoms with Crippen molar-refractivity contribution in [2.45, 2.75) is 53.1 Å². The van der Waals surface area contributed by atoms with E-state index < -0.39 is 0 Å². The van der Waals surface area contributed by atoms with Crippen molar-refractivity contribution in [2.24, 2.45) is 5.41 Å². The van der Waals surface area contributed by atoms with Crippen LogP contribution in [0.25, 0.3) is 0 Å². The van der Waals surface area contributed by atoms with Gasteiger partial charge in [0.05, 0.1) is 25.4 Å². The van der Waals surface area contributed by atoms with Gasteiger partial charge in [-0.3, -0.25) is 0 Å². The summed E-state index contributed by atoms with van der Waals surface area (Å²) in [7, 11) is 0. The Balaban J connectivity index is 2.13. The molecule has 0 unspecified atom stereocenters. The highest BCUT2D eigenvalue weighted by atomic mass is 16.5. The Kier molecular flexibility index (Phi) is 5.67. The zero-order valence-electron chi connectivity index (χ0n) is 12.6. The van der Waals surface area contributed by atoms with Gasteiger partial charge in [-0.2, -0.15) is 0 Å². The van der Waals surface area contributed by atoms with Gasteiger partial charge >= 0.3 is 0 Å². The van der Waals surface area contributed by atoms with E-state index in [0.717, 1.165) is 44.9 Å². The third-order valence-electron chi connectivity index (χ3n) is 3.86. The fourth-order valence-corrected chi connectivity index (χ4v) is 1.54. The first-order chi connectivity index (χ1) is 8.33. The predicted molar refractivity (Wildman–Crippen MR) is 75.6 cm³/mol. The summed E-state index contributed by atoms with van der Waals surface area (Å²) >= 11 is 0. The molecule has 1 aliphatic rings. The van der Waals surface area contributed by atoms with Crippen LogP contribution in [-0.4, -0.2) is 31.9 Å². The van der Waals surface area contributed by atoms with Crippen LogP contribution in [0.1, 0.15) is 47.5 Å². The van der Waals surface area contributed by atoms with Crippen molar-refractivity contribution < 1.29 is 9.47 Å². The summed E-state index contributed by atoms with van der Waals surface area (Å²) in [5, 5.41) is 3.36. The Hall–Kier alpha value is -0.540. The molecule has 106 valence electrons. The van der Waals surface area contributed by atoms with E-state index in [1.54, 1.807) is 0 Å². The first kappa shape index (κ1) is 15.5. The number of hydrogen-bond donors (Lipinski definition) is 1. The van der Waals surface area contributed by atoms with Crippen molar-refractivity contribution in [3.05, 3.63) is 11.8 Å². The van der Waals surface area contributed by atoms with E-state index in [1.807, 2.05) is 0 Å². The van der Waals surface area contributed by atoms with Gasteiger partial charge in [0.15, 0.2) is 0 Å². The molecular weight excluding hydrogens is 226 g/mol. The Labute approximate surface area is 112 Å². The van der Waals surface area contributed by atoms with Crippen LogP contribution in [0.2, 0.25) is 0 Å². The molecule has 0 aromatic carbocycles. The smallest absolute Gasteiger partial charge is 0.106 e. The first-order valence-electron chi connectivity index (χ1n) is 6.99.